The second kappa shape index (κ2) is 6.76. The lowest BCUT2D eigenvalue weighted by atomic mass is 10.1. The molecule has 1 amide bonds. The van der Waals surface area contributed by atoms with Gasteiger partial charge in [0.25, 0.3) is 5.91 Å². The van der Waals surface area contributed by atoms with Gasteiger partial charge in [-0.15, -0.1) is 0 Å². The predicted molar refractivity (Wildman–Crippen MR) is 86.2 cm³/mol. The molecule has 2 aromatic heterocycles. The number of hydrogen-bond acceptors (Lipinski definition) is 5. The molecule has 0 radical (unpaired) electrons. The van der Waals surface area contributed by atoms with Crippen molar-refractivity contribution in [2.75, 3.05) is 6.54 Å². The van der Waals surface area contributed by atoms with Gasteiger partial charge in [-0.3, -0.25) is 14.3 Å². The first-order valence-electron chi connectivity index (χ1n) is 7.58. The Morgan fingerprint density at radius 2 is 2.04 bits per heavy atom. The van der Waals surface area contributed by atoms with Crippen molar-refractivity contribution in [3.8, 4) is 0 Å². The number of carbonyl (C=O) groups excluding carboxylic acids is 2. The standard InChI is InChI=1S/C16H22N4O3/c1-9(2)23-13(21)6-7-17-16(22)12-8-10(3)18-15-14(12)11(4)19-20(15)5/h8-9H,6-7H2,1-5H3,(H,17,22). The molecular formula is C16H22N4O3. The van der Waals surface area contributed by atoms with E-state index in [0.717, 1.165) is 16.8 Å². The van der Waals surface area contributed by atoms with E-state index in [1.54, 1.807) is 31.6 Å². The van der Waals surface area contributed by atoms with E-state index in [2.05, 4.69) is 15.4 Å². The molecule has 1 N–H and O–H groups in total. The summed E-state index contributed by atoms with van der Waals surface area (Å²) in [7, 11) is 1.80. The Labute approximate surface area is 135 Å². The zero-order chi connectivity index (χ0) is 17.1. The quantitative estimate of drug-likeness (QED) is 0.847. The zero-order valence-electron chi connectivity index (χ0n) is 14.1. The second-order valence-electron chi connectivity index (χ2n) is 5.76. The number of amides is 1. The van der Waals surface area contributed by atoms with Crippen LogP contribution < -0.4 is 5.32 Å². The van der Waals surface area contributed by atoms with Crippen LogP contribution >= 0.6 is 0 Å². The van der Waals surface area contributed by atoms with Crippen LogP contribution in [0.1, 0.15) is 42.0 Å². The highest BCUT2D eigenvalue weighted by atomic mass is 16.5. The summed E-state index contributed by atoms with van der Waals surface area (Å²) in [6.07, 6.45) is -0.0120. The van der Waals surface area contributed by atoms with Crippen LogP contribution in [0.4, 0.5) is 0 Å². The van der Waals surface area contributed by atoms with Gasteiger partial charge in [0.15, 0.2) is 5.65 Å². The summed E-state index contributed by atoms with van der Waals surface area (Å²) in [5, 5.41) is 7.81. The first kappa shape index (κ1) is 16.9. The second-order valence-corrected chi connectivity index (χ2v) is 5.76. The van der Waals surface area contributed by atoms with Gasteiger partial charge in [-0.2, -0.15) is 5.10 Å². The largest absolute Gasteiger partial charge is 0.463 e. The molecule has 0 saturated heterocycles. The van der Waals surface area contributed by atoms with Gasteiger partial charge in [0.1, 0.15) is 0 Å². The smallest absolute Gasteiger partial charge is 0.307 e. The minimum Gasteiger partial charge on any atom is -0.463 e. The number of aryl methyl sites for hydroxylation is 3. The summed E-state index contributed by atoms with van der Waals surface area (Å²) in [5.41, 5.74) is 2.69. The third kappa shape index (κ3) is 3.85. The first-order valence-corrected chi connectivity index (χ1v) is 7.58. The van der Waals surface area contributed by atoms with Crippen LogP contribution in [0.2, 0.25) is 0 Å². The molecule has 7 heteroatoms. The van der Waals surface area contributed by atoms with Crippen LogP contribution in [0, 0.1) is 13.8 Å². The Balaban J connectivity index is 2.14. The van der Waals surface area contributed by atoms with Crippen molar-refractivity contribution in [1.29, 1.82) is 0 Å². The molecule has 0 atom stereocenters. The summed E-state index contributed by atoms with van der Waals surface area (Å²) in [4.78, 5) is 28.4. The fraction of sp³-hybridized carbons (Fsp3) is 0.500. The van der Waals surface area contributed by atoms with E-state index < -0.39 is 0 Å². The van der Waals surface area contributed by atoms with Gasteiger partial charge < -0.3 is 10.1 Å². The fourth-order valence-electron chi connectivity index (χ4n) is 2.44. The van der Waals surface area contributed by atoms with E-state index >= 15 is 0 Å². The summed E-state index contributed by atoms with van der Waals surface area (Å²) in [6, 6.07) is 1.73. The van der Waals surface area contributed by atoms with Gasteiger partial charge in [0.05, 0.1) is 29.2 Å². The molecule has 2 heterocycles. The Morgan fingerprint density at radius 1 is 1.35 bits per heavy atom. The van der Waals surface area contributed by atoms with Crippen molar-refractivity contribution < 1.29 is 14.3 Å². The lowest BCUT2D eigenvalue weighted by molar-refractivity contribution is -0.147. The van der Waals surface area contributed by atoms with Gasteiger partial charge in [-0.1, -0.05) is 0 Å². The van der Waals surface area contributed by atoms with E-state index in [1.165, 1.54) is 0 Å². The third-order valence-corrected chi connectivity index (χ3v) is 3.32. The molecule has 0 aliphatic carbocycles. The normalized spacial score (nSPS) is 11.0. The van der Waals surface area contributed by atoms with E-state index in [0.29, 0.717) is 11.2 Å². The SMILES string of the molecule is Cc1cc(C(=O)NCCC(=O)OC(C)C)c2c(C)nn(C)c2n1. The number of ether oxygens (including phenoxy) is 1. The van der Waals surface area contributed by atoms with Crippen LogP contribution in [0.3, 0.4) is 0 Å². The van der Waals surface area contributed by atoms with Crippen molar-refractivity contribution in [2.45, 2.75) is 40.2 Å². The van der Waals surface area contributed by atoms with Crippen molar-refractivity contribution in [1.82, 2.24) is 20.1 Å². The maximum atomic E-state index is 12.4. The molecule has 2 rings (SSSR count). The van der Waals surface area contributed by atoms with Gasteiger partial charge in [0.2, 0.25) is 0 Å². The van der Waals surface area contributed by atoms with Gasteiger partial charge in [-0.25, -0.2) is 4.98 Å². The molecule has 0 spiro atoms. The minimum atomic E-state index is -0.325. The van der Waals surface area contributed by atoms with E-state index in [4.69, 9.17) is 4.74 Å². The molecule has 23 heavy (non-hydrogen) atoms. The number of aromatic nitrogens is 3. The number of rotatable bonds is 5. The molecule has 7 nitrogen and oxygen atoms in total. The van der Waals surface area contributed by atoms with Gasteiger partial charge in [-0.05, 0) is 33.8 Å². The number of hydrogen-bond donors (Lipinski definition) is 1. The Kier molecular flexibility index (Phi) is 4.98. The molecule has 124 valence electrons. The first-order chi connectivity index (χ1) is 10.8. The number of nitrogens with zero attached hydrogens (tertiary/aromatic N) is 3. The molecule has 0 saturated carbocycles. The molecule has 0 aliphatic heterocycles. The number of carbonyl (C=O) groups is 2. The van der Waals surface area contributed by atoms with Crippen LogP contribution in [-0.2, 0) is 16.6 Å². The van der Waals surface area contributed by atoms with Crippen molar-refractivity contribution >= 4 is 22.9 Å². The summed E-state index contributed by atoms with van der Waals surface area (Å²) in [5.74, 6) is -0.567. The lowest BCUT2D eigenvalue weighted by Crippen LogP contribution is -2.27. The third-order valence-electron chi connectivity index (χ3n) is 3.32. The van der Waals surface area contributed by atoms with Crippen LogP contribution in [0.25, 0.3) is 11.0 Å². The predicted octanol–water partition coefficient (Wildman–Crippen LogP) is 1.66. The van der Waals surface area contributed by atoms with Crippen LogP contribution in [-0.4, -0.2) is 39.3 Å². The van der Waals surface area contributed by atoms with Crippen LogP contribution in [0.5, 0.6) is 0 Å². The van der Waals surface area contributed by atoms with E-state index in [1.807, 2.05) is 13.8 Å². The topological polar surface area (TPSA) is 86.1 Å². The highest BCUT2D eigenvalue weighted by molar-refractivity contribution is 6.06. The molecule has 0 bridgehead atoms. The zero-order valence-corrected chi connectivity index (χ0v) is 14.1. The maximum Gasteiger partial charge on any atom is 0.307 e. The molecule has 0 aromatic carbocycles. The van der Waals surface area contributed by atoms with E-state index in [9.17, 15) is 9.59 Å². The molecule has 0 unspecified atom stereocenters. The number of pyridine rings is 1. The monoisotopic (exact) mass is 318 g/mol. The number of esters is 1. The van der Waals surface area contributed by atoms with Crippen LogP contribution in [0.15, 0.2) is 6.07 Å². The van der Waals surface area contributed by atoms with E-state index in [-0.39, 0.29) is 30.9 Å². The Morgan fingerprint density at radius 3 is 2.70 bits per heavy atom. The Hall–Kier alpha value is -2.44. The average Bonchev–Trinajstić information content (AvgIpc) is 2.72. The minimum absolute atomic E-state index is 0.142. The fourth-order valence-corrected chi connectivity index (χ4v) is 2.44. The maximum absolute atomic E-state index is 12.4. The van der Waals surface area contributed by atoms with Gasteiger partial charge >= 0.3 is 5.97 Å². The summed E-state index contributed by atoms with van der Waals surface area (Å²) in [6.45, 7) is 7.48. The van der Waals surface area contributed by atoms with Gasteiger partial charge in [0, 0.05) is 19.3 Å². The number of nitrogens with one attached hydrogen (secondary N) is 1. The molecular weight excluding hydrogens is 296 g/mol. The molecule has 0 fully saturated rings. The summed E-state index contributed by atoms with van der Waals surface area (Å²) >= 11 is 0. The highest BCUT2D eigenvalue weighted by Gasteiger charge is 2.17. The lowest BCUT2D eigenvalue weighted by Gasteiger charge is -2.09. The highest BCUT2D eigenvalue weighted by Crippen LogP contribution is 2.21. The van der Waals surface area contributed by atoms with Crippen molar-refractivity contribution in [2.24, 2.45) is 7.05 Å². The Bertz CT molecular complexity index is 749. The molecule has 2 aromatic rings. The number of fused-ring (bicyclic) bond motifs is 1. The summed E-state index contributed by atoms with van der Waals surface area (Å²) < 4.78 is 6.70. The van der Waals surface area contributed by atoms with Crippen molar-refractivity contribution in [3.63, 3.8) is 0 Å². The molecule has 0 aliphatic rings. The average molecular weight is 318 g/mol. The van der Waals surface area contributed by atoms with Crippen molar-refractivity contribution in [3.05, 3.63) is 23.0 Å².